The van der Waals surface area contributed by atoms with Crippen molar-refractivity contribution >= 4 is 5.69 Å². The predicted octanol–water partition coefficient (Wildman–Crippen LogP) is 2.72. The third-order valence-corrected chi connectivity index (χ3v) is 2.56. The molecule has 1 aromatic carbocycles. The van der Waals surface area contributed by atoms with E-state index in [4.69, 9.17) is 10.8 Å². The Hall–Kier alpha value is -2.28. The zero-order chi connectivity index (χ0) is 14.8. The first kappa shape index (κ1) is 14.1. The summed E-state index contributed by atoms with van der Waals surface area (Å²) in [6.07, 6.45) is -3.40. The van der Waals surface area contributed by atoms with Crippen LogP contribution in [0, 0.1) is 0 Å². The lowest BCUT2D eigenvalue weighted by molar-refractivity contribution is -0.274. The number of benzene rings is 1. The van der Waals surface area contributed by atoms with Crippen molar-refractivity contribution in [3.63, 3.8) is 0 Å². The molecule has 20 heavy (non-hydrogen) atoms. The van der Waals surface area contributed by atoms with Crippen LogP contribution in [-0.4, -0.2) is 16.5 Å². The largest absolute Gasteiger partial charge is 0.573 e. The Morgan fingerprint density at radius 1 is 1.25 bits per heavy atom. The molecule has 2 aromatic rings. The van der Waals surface area contributed by atoms with Crippen molar-refractivity contribution in [1.82, 2.24) is 4.98 Å². The van der Waals surface area contributed by atoms with E-state index in [-0.39, 0.29) is 12.4 Å². The van der Waals surface area contributed by atoms with Gasteiger partial charge in [-0.15, -0.1) is 13.2 Å². The number of alkyl halides is 3. The van der Waals surface area contributed by atoms with Crippen LogP contribution in [0.1, 0.15) is 5.56 Å². The smallest absolute Gasteiger partial charge is 0.406 e. The molecule has 0 spiro atoms. The van der Waals surface area contributed by atoms with Gasteiger partial charge in [-0.25, -0.2) is 0 Å². The van der Waals surface area contributed by atoms with Crippen molar-refractivity contribution in [3.8, 4) is 17.0 Å². The molecule has 0 aliphatic rings. The SMILES string of the molecule is Nc1cnc(-c2cccc(OC(F)(F)F)c2)cc1CO. The Bertz CT molecular complexity index is 615. The van der Waals surface area contributed by atoms with Gasteiger partial charge in [0.2, 0.25) is 0 Å². The molecule has 0 saturated carbocycles. The van der Waals surface area contributed by atoms with Crippen LogP contribution in [0.15, 0.2) is 36.5 Å². The van der Waals surface area contributed by atoms with Crippen LogP contribution in [0.3, 0.4) is 0 Å². The van der Waals surface area contributed by atoms with Gasteiger partial charge < -0.3 is 15.6 Å². The fourth-order valence-electron chi connectivity index (χ4n) is 1.65. The fourth-order valence-corrected chi connectivity index (χ4v) is 1.65. The van der Waals surface area contributed by atoms with Crippen LogP contribution in [-0.2, 0) is 6.61 Å². The predicted molar refractivity (Wildman–Crippen MR) is 66.7 cm³/mol. The molecule has 0 atom stereocenters. The van der Waals surface area contributed by atoms with Crippen molar-refractivity contribution in [2.75, 3.05) is 5.73 Å². The molecule has 2 rings (SSSR count). The first-order valence-corrected chi connectivity index (χ1v) is 5.60. The summed E-state index contributed by atoms with van der Waals surface area (Å²) in [5, 5.41) is 9.12. The lowest BCUT2D eigenvalue weighted by Crippen LogP contribution is -2.17. The molecular weight excluding hydrogens is 273 g/mol. The van der Waals surface area contributed by atoms with Gasteiger partial charge >= 0.3 is 6.36 Å². The zero-order valence-corrected chi connectivity index (χ0v) is 10.2. The van der Waals surface area contributed by atoms with Gasteiger partial charge in [0.15, 0.2) is 0 Å². The monoisotopic (exact) mass is 284 g/mol. The van der Waals surface area contributed by atoms with Crippen molar-refractivity contribution < 1.29 is 23.0 Å². The second-order valence-corrected chi connectivity index (χ2v) is 4.00. The lowest BCUT2D eigenvalue weighted by atomic mass is 10.1. The first-order chi connectivity index (χ1) is 9.39. The number of hydrogen-bond donors (Lipinski definition) is 2. The third kappa shape index (κ3) is 3.39. The van der Waals surface area contributed by atoms with Crippen molar-refractivity contribution in [1.29, 1.82) is 0 Å². The van der Waals surface area contributed by atoms with Crippen molar-refractivity contribution in [2.24, 2.45) is 0 Å². The number of nitrogens with zero attached hydrogens (tertiary/aromatic N) is 1. The van der Waals surface area contributed by atoms with Gasteiger partial charge in [-0.2, -0.15) is 0 Å². The summed E-state index contributed by atoms with van der Waals surface area (Å²) in [6, 6.07) is 6.94. The number of anilines is 1. The zero-order valence-electron chi connectivity index (χ0n) is 10.2. The van der Waals surface area contributed by atoms with Crippen LogP contribution in [0.25, 0.3) is 11.3 Å². The van der Waals surface area contributed by atoms with Gasteiger partial charge in [0.1, 0.15) is 5.75 Å². The van der Waals surface area contributed by atoms with Crippen LogP contribution in [0.2, 0.25) is 0 Å². The summed E-state index contributed by atoms with van der Waals surface area (Å²) in [7, 11) is 0. The highest BCUT2D eigenvalue weighted by Gasteiger charge is 2.31. The molecule has 0 fully saturated rings. The number of hydrogen-bond acceptors (Lipinski definition) is 4. The minimum Gasteiger partial charge on any atom is -0.406 e. The lowest BCUT2D eigenvalue weighted by Gasteiger charge is -2.10. The highest BCUT2D eigenvalue weighted by atomic mass is 19.4. The molecule has 0 aliphatic carbocycles. The standard InChI is InChI=1S/C13H11F3N2O2/c14-13(15,16)20-10-3-1-2-8(4-10)12-5-9(7-19)11(17)6-18-12/h1-6,19H,7,17H2. The van der Waals surface area contributed by atoms with Crippen LogP contribution >= 0.6 is 0 Å². The molecule has 3 N–H and O–H groups in total. The van der Waals surface area contributed by atoms with Crippen LogP contribution in [0.5, 0.6) is 5.75 Å². The van der Waals surface area contributed by atoms with E-state index in [1.165, 1.54) is 30.5 Å². The summed E-state index contributed by atoms with van der Waals surface area (Å²) in [5.41, 5.74) is 7.20. The van der Waals surface area contributed by atoms with E-state index in [0.717, 1.165) is 0 Å². The minimum absolute atomic E-state index is 0.278. The Labute approximate surface area is 112 Å². The maximum atomic E-state index is 12.2. The van der Waals surface area contributed by atoms with E-state index >= 15 is 0 Å². The third-order valence-electron chi connectivity index (χ3n) is 2.56. The van der Waals surface area contributed by atoms with Gasteiger partial charge in [0, 0.05) is 11.1 Å². The summed E-state index contributed by atoms with van der Waals surface area (Å²) in [6.45, 7) is -0.278. The molecule has 0 radical (unpaired) electrons. The summed E-state index contributed by atoms with van der Waals surface area (Å²) in [5.74, 6) is -0.334. The van der Waals surface area contributed by atoms with Gasteiger partial charge in [-0.05, 0) is 18.2 Å². The average molecular weight is 284 g/mol. The van der Waals surface area contributed by atoms with E-state index in [9.17, 15) is 13.2 Å². The van der Waals surface area contributed by atoms with E-state index < -0.39 is 6.36 Å². The number of halogens is 3. The second kappa shape index (κ2) is 5.38. The van der Waals surface area contributed by atoms with Gasteiger partial charge in [0.25, 0.3) is 0 Å². The second-order valence-electron chi connectivity index (χ2n) is 4.00. The topological polar surface area (TPSA) is 68.4 Å². The number of pyridine rings is 1. The molecular formula is C13H11F3N2O2. The molecule has 7 heteroatoms. The Balaban J connectivity index is 2.36. The molecule has 0 aliphatic heterocycles. The van der Waals surface area contributed by atoms with E-state index in [2.05, 4.69) is 9.72 Å². The van der Waals surface area contributed by atoms with E-state index in [1.54, 1.807) is 6.07 Å². The number of nitrogens with two attached hydrogens (primary N) is 1. The first-order valence-electron chi connectivity index (χ1n) is 5.60. The molecule has 0 amide bonds. The maximum absolute atomic E-state index is 12.2. The summed E-state index contributed by atoms with van der Waals surface area (Å²) in [4.78, 5) is 4.02. The summed E-state index contributed by atoms with van der Waals surface area (Å²) < 4.78 is 40.3. The van der Waals surface area contributed by atoms with E-state index in [0.29, 0.717) is 22.5 Å². The Morgan fingerprint density at radius 3 is 2.65 bits per heavy atom. The van der Waals surface area contributed by atoms with Gasteiger partial charge in [-0.1, -0.05) is 12.1 Å². The Morgan fingerprint density at radius 2 is 2.00 bits per heavy atom. The number of ether oxygens (including phenoxy) is 1. The number of aliphatic hydroxyl groups excluding tert-OH is 1. The van der Waals surface area contributed by atoms with Crippen molar-refractivity contribution in [2.45, 2.75) is 13.0 Å². The molecule has 0 bridgehead atoms. The van der Waals surface area contributed by atoms with Gasteiger partial charge in [0.05, 0.1) is 24.2 Å². The van der Waals surface area contributed by atoms with Crippen molar-refractivity contribution in [3.05, 3.63) is 42.1 Å². The highest BCUT2D eigenvalue weighted by molar-refractivity contribution is 5.64. The molecule has 0 saturated heterocycles. The normalized spacial score (nSPS) is 11.4. The average Bonchev–Trinajstić information content (AvgIpc) is 2.37. The van der Waals surface area contributed by atoms with Crippen LogP contribution in [0.4, 0.5) is 18.9 Å². The van der Waals surface area contributed by atoms with E-state index in [1.807, 2.05) is 0 Å². The molecule has 4 nitrogen and oxygen atoms in total. The quantitative estimate of drug-likeness (QED) is 0.909. The van der Waals surface area contributed by atoms with Crippen LogP contribution < -0.4 is 10.5 Å². The number of nitrogen functional groups attached to an aromatic ring is 1. The molecule has 0 unspecified atom stereocenters. The fraction of sp³-hybridized carbons (Fsp3) is 0.154. The number of aromatic nitrogens is 1. The Kier molecular flexibility index (Phi) is 3.80. The highest BCUT2D eigenvalue weighted by Crippen LogP contribution is 2.28. The van der Waals surface area contributed by atoms with Gasteiger partial charge in [-0.3, -0.25) is 4.98 Å². The molecule has 1 aromatic heterocycles. The molecule has 1 heterocycles. The number of rotatable bonds is 3. The summed E-state index contributed by atoms with van der Waals surface area (Å²) >= 11 is 0. The maximum Gasteiger partial charge on any atom is 0.573 e. The number of aliphatic hydroxyl groups is 1. The minimum atomic E-state index is -4.75. The molecule has 106 valence electrons.